The fraction of sp³-hybridized carbons (Fsp3) is 0.107. The van der Waals surface area contributed by atoms with E-state index in [9.17, 15) is 4.79 Å². The molecule has 1 N–H and O–H groups in total. The molecular weight excluding hydrogens is 366 g/mol. The van der Waals surface area contributed by atoms with E-state index in [1.54, 1.807) is 0 Å². The highest BCUT2D eigenvalue weighted by molar-refractivity contribution is 5.83. The molecule has 4 aromatic carbocycles. The molecule has 1 aliphatic carbocycles. The quantitative estimate of drug-likeness (QED) is 0.450. The van der Waals surface area contributed by atoms with Gasteiger partial charge in [0.15, 0.2) is 0 Å². The SMILES string of the molecule is O=C[C@@H](Cc1ccccc1)NC1(c2ccccc2)c2ccccc2-c2ccccc21. The smallest absolute Gasteiger partial charge is 0.137 e. The van der Waals surface area contributed by atoms with Crippen LogP contribution in [0.2, 0.25) is 0 Å². The summed E-state index contributed by atoms with van der Waals surface area (Å²) >= 11 is 0. The van der Waals surface area contributed by atoms with Gasteiger partial charge in [-0.25, -0.2) is 0 Å². The van der Waals surface area contributed by atoms with Crippen LogP contribution in [0.5, 0.6) is 0 Å². The Morgan fingerprint density at radius 1 is 0.667 bits per heavy atom. The minimum atomic E-state index is -0.575. The largest absolute Gasteiger partial charge is 0.302 e. The molecule has 0 spiro atoms. The van der Waals surface area contributed by atoms with Crippen molar-refractivity contribution in [1.82, 2.24) is 5.32 Å². The van der Waals surface area contributed by atoms with E-state index < -0.39 is 5.54 Å². The van der Waals surface area contributed by atoms with Gasteiger partial charge in [-0.2, -0.15) is 0 Å². The van der Waals surface area contributed by atoms with Crippen LogP contribution in [-0.2, 0) is 16.8 Å². The molecule has 146 valence electrons. The zero-order valence-electron chi connectivity index (χ0n) is 16.7. The molecule has 1 aliphatic rings. The number of hydrogen-bond acceptors (Lipinski definition) is 2. The minimum Gasteiger partial charge on any atom is -0.302 e. The number of aldehydes is 1. The molecule has 0 unspecified atom stereocenters. The lowest BCUT2D eigenvalue weighted by atomic mass is 9.79. The van der Waals surface area contributed by atoms with E-state index in [4.69, 9.17) is 0 Å². The van der Waals surface area contributed by atoms with Crippen LogP contribution in [0.15, 0.2) is 109 Å². The first-order valence-electron chi connectivity index (χ1n) is 10.3. The van der Waals surface area contributed by atoms with Crippen LogP contribution in [-0.4, -0.2) is 12.3 Å². The van der Waals surface area contributed by atoms with E-state index in [1.807, 2.05) is 24.3 Å². The maximum Gasteiger partial charge on any atom is 0.137 e. The summed E-state index contributed by atoms with van der Waals surface area (Å²) in [5.74, 6) is 0. The summed E-state index contributed by atoms with van der Waals surface area (Å²) in [7, 11) is 0. The molecule has 4 aromatic rings. The van der Waals surface area contributed by atoms with Gasteiger partial charge in [0.25, 0.3) is 0 Å². The van der Waals surface area contributed by atoms with Crippen LogP contribution in [0.3, 0.4) is 0 Å². The molecule has 5 rings (SSSR count). The number of fused-ring (bicyclic) bond motifs is 3. The molecular formula is C28H23NO. The van der Waals surface area contributed by atoms with E-state index in [2.05, 4.69) is 90.2 Å². The maximum absolute atomic E-state index is 12.2. The Morgan fingerprint density at radius 2 is 1.17 bits per heavy atom. The zero-order valence-corrected chi connectivity index (χ0v) is 16.7. The monoisotopic (exact) mass is 389 g/mol. The second-order valence-corrected chi connectivity index (χ2v) is 7.78. The molecule has 0 bridgehead atoms. The zero-order chi connectivity index (χ0) is 20.4. The van der Waals surface area contributed by atoms with Crippen molar-refractivity contribution in [3.8, 4) is 11.1 Å². The van der Waals surface area contributed by atoms with E-state index >= 15 is 0 Å². The Kier molecular flexibility index (Phi) is 4.78. The molecule has 0 radical (unpaired) electrons. The Bertz CT molecular complexity index is 1120. The Morgan fingerprint density at radius 3 is 1.73 bits per heavy atom. The van der Waals surface area contributed by atoms with Crippen LogP contribution in [0.4, 0.5) is 0 Å². The number of benzene rings is 4. The summed E-state index contributed by atoms with van der Waals surface area (Å²) in [4.78, 5) is 12.2. The highest BCUT2D eigenvalue weighted by Gasteiger charge is 2.45. The second kappa shape index (κ2) is 7.74. The average Bonchev–Trinajstić information content (AvgIpc) is 3.11. The molecule has 0 aliphatic heterocycles. The molecule has 0 aromatic heterocycles. The number of nitrogens with one attached hydrogen (secondary N) is 1. The van der Waals surface area contributed by atoms with E-state index in [1.165, 1.54) is 22.3 Å². The van der Waals surface area contributed by atoms with Gasteiger partial charge in [-0.3, -0.25) is 5.32 Å². The first-order valence-corrected chi connectivity index (χ1v) is 10.3. The van der Waals surface area contributed by atoms with Gasteiger partial charge in [0, 0.05) is 0 Å². The minimum absolute atomic E-state index is 0.327. The van der Waals surface area contributed by atoms with Crippen LogP contribution < -0.4 is 5.32 Å². The van der Waals surface area contributed by atoms with Crippen molar-refractivity contribution in [2.45, 2.75) is 18.0 Å². The third kappa shape index (κ3) is 2.97. The lowest BCUT2D eigenvalue weighted by molar-refractivity contribution is -0.109. The van der Waals surface area contributed by atoms with Gasteiger partial charge in [-0.15, -0.1) is 0 Å². The van der Waals surface area contributed by atoms with Crippen molar-refractivity contribution in [1.29, 1.82) is 0 Å². The second-order valence-electron chi connectivity index (χ2n) is 7.78. The van der Waals surface area contributed by atoms with Crippen molar-refractivity contribution in [2.75, 3.05) is 0 Å². The lowest BCUT2D eigenvalue weighted by Gasteiger charge is -2.36. The maximum atomic E-state index is 12.2. The predicted molar refractivity (Wildman–Crippen MR) is 121 cm³/mol. The van der Waals surface area contributed by atoms with Gasteiger partial charge in [-0.05, 0) is 39.8 Å². The molecule has 30 heavy (non-hydrogen) atoms. The Labute approximate surface area is 177 Å². The number of rotatable bonds is 6. The molecule has 2 heteroatoms. The molecule has 0 saturated carbocycles. The molecule has 0 heterocycles. The Balaban J connectivity index is 1.69. The molecule has 0 amide bonds. The third-order valence-corrected chi connectivity index (χ3v) is 6.02. The lowest BCUT2D eigenvalue weighted by Crippen LogP contribution is -2.50. The van der Waals surface area contributed by atoms with Gasteiger partial charge in [0.1, 0.15) is 6.29 Å². The summed E-state index contributed by atoms with van der Waals surface area (Å²) in [6.07, 6.45) is 1.69. The van der Waals surface area contributed by atoms with Crippen molar-refractivity contribution < 1.29 is 4.79 Å². The molecule has 0 fully saturated rings. The van der Waals surface area contributed by atoms with Gasteiger partial charge in [-0.1, -0.05) is 109 Å². The van der Waals surface area contributed by atoms with Crippen LogP contribution in [0.1, 0.15) is 22.3 Å². The van der Waals surface area contributed by atoms with Crippen LogP contribution in [0.25, 0.3) is 11.1 Å². The Hall–Kier alpha value is -3.49. The van der Waals surface area contributed by atoms with Crippen LogP contribution in [0, 0.1) is 0 Å². The summed E-state index contributed by atoms with van der Waals surface area (Å²) < 4.78 is 0. The van der Waals surface area contributed by atoms with Crippen molar-refractivity contribution in [3.05, 3.63) is 131 Å². The topological polar surface area (TPSA) is 29.1 Å². The highest BCUT2D eigenvalue weighted by Crippen LogP contribution is 2.50. The van der Waals surface area contributed by atoms with Gasteiger partial charge >= 0.3 is 0 Å². The van der Waals surface area contributed by atoms with Crippen molar-refractivity contribution in [2.24, 2.45) is 0 Å². The fourth-order valence-corrected chi connectivity index (χ4v) is 4.75. The molecule has 1 atom stereocenters. The van der Waals surface area contributed by atoms with E-state index in [-0.39, 0.29) is 6.04 Å². The summed E-state index contributed by atoms with van der Waals surface area (Å²) in [5.41, 5.74) is 6.53. The fourth-order valence-electron chi connectivity index (χ4n) is 4.75. The first kappa shape index (κ1) is 18.5. The standard InChI is InChI=1S/C28H23NO/c30-20-23(19-21-11-3-1-4-12-21)29-28(22-13-5-2-6-14-22)26-17-9-7-15-24(26)25-16-8-10-18-27(25)28/h1-18,20,23,29H,19H2/t23-/m1/s1. The molecule has 0 saturated heterocycles. The van der Waals surface area contributed by atoms with Crippen LogP contribution >= 0.6 is 0 Å². The van der Waals surface area contributed by atoms with Gasteiger partial charge in [0.2, 0.25) is 0 Å². The first-order chi connectivity index (χ1) is 14.8. The third-order valence-electron chi connectivity index (χ3n) is 6.02. The number of hydrogen-bond donors (Lipinski definition) is 1. The van der Waals surface area contributed by atoms with Crippen molar-refractivity contribution in [3.63, 3.8) is 0 Å². The average molecular weight is 389 g/mol. The number of carbonyl (C=O) groups excluding carboxylic acids is 1. The normalized spacial score (nSPS) is 14.5. The van der Waals surface area contributed by atoms with E-state index in [0.29, 0.717) is 6.42 Å². The summed E-state index contributed by atoms with van der Waals surface area (Å²) in [5, 5.41) is 3.79. The predicted octanol–water partition coefficient (Wildman–Crippen LogP) is 5.36. The van der Waals surface area contributed by atoms with Crippen molar-refractivity contribution >= 4 is 6.29 Å². The van der Waals surface area contributed by atoms with Gasteiger partial charge in [0.05, 0.1) is 11.6 Å². The summed E-state index contributed by atoms with van der Waals surface area (Å²) in [6.45, 7) is 0. The summed E-state index contributed by atoms with van der Waals surface area (Å²) in [6, 6.07) is 37.4. The van der Waals surface area contributed by atoms with E-state index in [0.717, 1.165) is 17.4 Å². The van der Waals surface area contributed by atoms with Gasteiger partial charge < -0.3 is 4.79 Å². The highest BCUT2D eigenvalue weighted by atomic mass is 16.1. The number of carbonyl (C=O) groups is 1. The molecule has 2 nitrogen and oxygen atoms in total.